The van der Waals surface area contributed by atoms with Gasteiger partial charge in [0, 0.05) is 11.4 Å². The molecule has 1 fully saturated rings. The van der Waals surface area contributed by atoms with Crippen molar-refractivity contribution in [2.75, 3.05) is 36.8 Å². The highest BCUT2D eigenvalue weighted by atomic mass is 32.1. The van der Waals surface area contributed by atoms with Crippen molar-refractivity contribution in [1.82, 2.24) is 21.3 Å². The van der Waals surface area contributed by atoms with Crippen LogP contribution in [-0.2, 0) is 24.7 Å². The van der Waals surface area contributed by atoms with Gasteiger partial charge in [-0.05, 0) is 87.5 Å². The van der Waals surface area contributed by atoms with Crippen LogP contribution in [0, 0.1) is 0 Å². The molecule has 1 aliphatic heterocycles. The fourth-order valence-electron chi connectivity index (χ4n) is 4.66. The van der Waals surface area contributed by atoms with Crippen LogP contribution in [0.1, 0.15) is 48.9 Å². The van der Waals surface area contributed by atoms with Gasteiger partial charge in [-0.3, -0.25) is 15.2 Å². The molecule has 0 saturated carbocycles. The normalized spacial score (nSPS) is 15.2. The standard InChI is InChI=1S/C29H31F12N7S2/c1-15(44-24(49)46-21-9-17(26(30,31)32)7-18(10-21)27(33,34)35)13-42-23(48-5-3-4-6-48)43-14-16(2)45-25(50)47-22-11-19(28(36,37)38)8-20(12-22)29(39,40)41/h7-12,15-16H,3-6,13-14H2,1-2H3,(H5,42,43,44,45,46,47,49,50)/p+1/t15-,16-/m0/s1. The number of guanidine groups is 1. The molecule has 0 aromatic heterocycles. The van der Waals surface area contributed by atoms with Crippen molar-refractivity contribution in [2.45, 2.75) is 63.5 Å². The lowest BCUT2D eigenvalue weighted by Crippen LogP contribution is -2.52. The van der Waals surface area contributed by atoms with Crippen molar-refractivity contribution in [1.29, 1.82) is 0 Å². The summed E-state index contributed by atoms with van der Waals surface area (Å²) in [7, 11) is 0. The van der Waals surface area contributed by atoms with E-state index in [0.29, 0.717) is 43.3 Å². The zero-order valence-electron chi connectivity index (χ0n) is 26.2. The molecule has 0 radical (unpaired) electrons. The van der Waals surface area contributed by atoms with Crippen LogP contribution in [0.3, 0.4) is 0 Å². The molecule has 278 valence electrons. The second-order valence-electron chi connectivity index (χ2n) is 11.4. The predicted octanol–water partition coefficient (Wildman–Crippen LogP) is 7.15. The van der Waals surface area contributed by atoms with E-state index in [1.165, 1.54) is 0 Å². The number of hydrogen-bond acceptors (Lipinski definition) is 2. The Morgan fingerprint density at radius 3 is 1.16 bits per heavy atom. The monoisotopic (exact) mass is 770 g/mol. The first-order valence-corrected chi connectivity index (χ1v) is 15.6. The van der Waals surface area contributed by atoms with Crippen molar-refractivity contribution in [2.24, 2.45) is 0 Å². The van der Waals surface area contributed by atoms with Crippen molar-refractivity contribution < 1.29 is 57.3 Å². The van der Waals surface area contributed by atoms with E-state index in [-0.39, 0.29) is 35.4 Å². The van der Waals surface area contributed by atoms with Gasteiger partial charge in [-0.25, -0.2) is 0 Å². The fraction of sp³-hybridized carbons (Fsp3) is 0.483. The number of anilines is 2. The van der Waals surface area contributed by atoms with E-state index in [1.54, 1.807) is 13.8 Å². The van der Waals surface area contributed by atoms with Crippen LogP contribution >= 0.6 is 24.4 Å². The fourth-order valence-corrected chi connectivity index (χ4v) is 5.30. The van der Waals surface area contributed by atoms with E-state index >= 15 is 0 Å². The highest BCUT2D eigenvalue weighted by molar-refractivity contribution is 7.80. The molecule has 21 heteroatoms. The topological polar surface area (TPSA) is 75.2 Å². The summed E-state index contributed by atoms with van der Waals surface area (Å²) >= 11 is 10.2. The van der Waals surface area contributed by atoms with Gasteiger partial charge in [-0.15, -0.1) is 0 Å². The van der Waals surface area contributed by atoms with Gasteiger partial charge in [0.05, 0.1) is 60.5 Å². The third kappa shape index (κ3) is 12.5. The van der Waals surface area contributed by atoms with Gasteiger partial charge < -0.3 is 21.3 Å². The summed E-state index contributed by atoms with van der Waals surface area (Å²) in [5.41, 5.74) is -7.05. The Morgan fingerprint density at radius 2 is 0.880 bits per heavy atom. The van der Waals surface area contributed by atoms with Crippen molar-refractivity contribution in [3.05, 3.63) is 58.7 Å². The number of rotatable bonds is 8. The lowest BCUT2D eigenvalue weighted by atomic mass is 10.1. The van der Waals surface area contributed by atoms with Crippen LogP contribution < -0.4 is 31.9 Å². The maximum atomic E-state index is 13.2. The SMILES string of the molecule is C[C@@H](CNC(NC[C@H](C)NC(=S)Nc1cc(C(F)(F)F)cc(C(F)(F)F)c1)=[N+]1CCCC1)NC(=S)Nc1cc(C(F)(F)F)cc(C(F)(F)F)c1. The summed E-state index contributed by atoms with van der Waals surface area (Å²) in [6.45, 7) is 5.01. The number of alkyl halides is 12. The van der Waals surface area contributed by atoms with Gasteiger partial charge in [0.1, 0.15) is 0 Å². The van der Waals surface area contributed by atoms with E-state index < -0.39 is 70.4 Å². The zero-order valence-corrected chi connectivity index (χ0v) is 27.8. The van der Waals surface area contributed by atoms with E-state index in [0.717, 1.165) is 12.8 Å². The molecule has 0 bridgehead atoms. The smallest absolute Gasteiger partial charge is 0.357 e. The lowest BCUT2D eigenvalue weighted by molar-refractivity contribution is -0.510. The molecular formula is C29H32F12N7S2+. The number of nitrogens with one attached hydrogen (secondary N) is 6. The summed E-state index contributed by atoms with van der Waals surface area (Å²) in [5, 5.41) is 16.2. The van der Waals surface area contributed by atoms with E-state index in [4.69, 9.17) is 24.4 Å². The van der Waals surface area contributed by atoms with Crippen molar-refractivity contribution >= 4 is 52.0 Å². The zero-order chi connectivity index (χ0) is 37.7. The van der Waals surface area contributed by atoms with Crippen LogP contribution in [0.5, 0.6) is 0 Å². The number of benzene rings is 2. The average molecular weight is 771 g/mol. The summed E-state index contributed by atoms with van der Waals surface area (Å²) in [6, 6.07) is 1.03. The number of thiocarbonyl (C=S) groups is 2. The van der Waals surface area contributed by atoms with E-state index in [2.05, 4.69) is 31.9 Å². The Labute approximate surface area is 289 Å². The Morgan fingerprint density at radius 1 is 0.580 bits per heavy atom. The first-order valence-electron chi connectivity index (χ1n) is 14.8. The maximum absolute atomic E-state index is 13.2. The van der Waals surface area contributed by atoms with Crippen LogP contribution in [0.15, 0.2) is 36.4 Å². The van der Waals surface area contributed by atoms with E-state index in [1.807, 2.05) is 4.58 Å². The molecular weight excluding hydrogens is 738 g/mol. The molecule has 0 aliphatic carbocycles. The molecule has 7 nitrogen and oxygen atoms in total. The number of hydrogen-bond donors (Lipinski definition) is 6. The van der Waals surface area contributed by atoms with Crippen molar-refractivity contribution in [3.63, 3.8) is 0 Å². The molecule has 1 aliphatic rings. The summed E-state index contributed by atoms with van der Waals surface area (Å²) in [5.74, 6) is 0.558. The minimum atomic E-state index is -5.03. The summed E-state index contributed by atoms with van der Waals surface area (Å²) < 4.78 is 160. The Kier molecular flexibility index (Phi) is 13.1. The summed E-state index contributed by atoms with van der Waals surface area (Å²) in [6.07, 6.45) is -18.4. The molecule has 50 heavy (non-hydrogen) atoms. The molecule has 2 atom stereocenters. The minimum absolute atomic E-state index is 0.000759. The van der Waals surface area contributed by atoms with Gasteiger partial charge in [-0.2, -0.15) is 52.7 Å². The minimum Gasteiger partial charge on any atom is -0.357 e. The van der Waals surface area contributed by atoms with Gasteiger partial charge in [0.25, 0.3) is 0 Å². The first kappa shape index (κ1) is 40.7. The van der Waals surface area contributed by atoms with Crippen LogP contribution in [0.25, 0.3) is 0 Å². The highest BCUT2D eigenvalue weighted by Gasteiger charge is 2.38. The van der Waals surface area contributed by atoms with Gasteiger partial charge in [0.15, 0.2) is 10.2 Å². The lowest BCUT2D eigenvalue weighted by Gasteiger charge is -2.20. The first-order chi connectivity index (χ1) is 22.9. The molecule has 1 heterocycles. The Balaban J connectivity index is 1.58. The molecule has 2 aromatic rings. The number of halogens is 12. The Bertz CT molecular complexity index is 1380. The quantitative estimate of drug-likeness (QED) is 0.0733. The second-order valence-corrected chi connectivity index (χ2v) is 12.2. The molecule has 0 amide bonds. The highest BCUT2D eigenvalue weighted by Crippen LogP contribution is 2.39. The van der Waals surface area contributed by atoms with Gasteiger partial charge in [-0.1, -0.05) is 0 Å². The van der Waals surface area contributed by atoms with Crippen LogP contribution in [-0.4, -0.2) is 59.0 Å². The second kappa shape index (κ2) is 16.1. The third-order valence-electron chi connectivity index (χ3n) is 7.02. The van der Waals surface area contributed by atoms with Crippen molar-refractivity contribution in [3.8, 4) is 0 Å². The molecule has 0 unspecified atom stereocenters. The third-order valence-corrected chi connectivity index (χ3v) is 7.46. The Hall–Kier alpha value is -3.75. The van der Waals surface area contributed by atoms with Crippen LogP contribution in [0.4, 0.5) is 64.1 Å². The molecule has 6 N–H and O–H groups in total. The average Bonchev–Trinajstić information content (AvgIpc) is 3.49. The molecule has 2 aromatic carbocycles. The predicted molar refractivity (Wildman–Crippen MR) is 171 cm³/mol. The summed E-state index contributed by atoms with van der Waals surface area (Å²) in [4.78, 5) is 0. The molecule has 1 saturated heterocycles. The van der Waals surface area contributed by atoms with Crippen LogP contribution in [0.2, 0.25) is 0 Å². The van der Waals surface area contributed by atoms with E-state index in [9.17, 15) is 52.7 Å². The largest absolute Gasteiger partial charge is 0.416 e. The molecule has 3 rings (SSSR count). The van der Waals surface area contributed by atoms with Gasteiger partial charge in [0.2, 0.25) is 0 Å². The van der Waals surface area contributed by atoms with Gasteiger partial charge >= 0.3 is 30.7 Å². The maximum Gasteiger partial charge on any atom is 0.416 e. The molecule has 0 spiro atoms. The number of nitrogens with zero attached hydrogens (tertiary/aromatic N) is 1.